The maximum atomic E-state index is 12.2. The topological polar surface area (TPSA) is 103 Å². The number of amides is 1. The highest BCUT2D eigenvalue weighted by molar-refractivity contribution is 5.93. The molecule has 29 heavy (non-hydrogen) atoms. The van der Waals surface area contributed by atoms with Gasteiger partial charge in [-0.05, 0) is 19.1 Å². The lowest BCUT2D eigenvalue weighted by Crippen LogP contribution is -2.28. The van der Waals surface area contributed by atoms with Crippen molar-refractivity contribution in [2.75, 3.05) is 6.61 Å². The molecule has 4 aromatic rings. The quantitative estimate of drug-likeness (QED) is 0.514. The molecule has 0 aliphatic heterocycles. The Morgan fingerprint density at radius 1 is 1.14 bits per heavy atom. The second-order valence-electron chi connectivity index (χ2n) is 6.45. The van der Waals surface area contributed by atoms with Gasteiger partial charge in [0.15, 0.2) is 6.61 Å². The van der Waals surface area contributed by atoms with E-state index in [0.29, 0.717) is 34.8 Å². The monoisotopic (exact) mass is 392 g/mol. The van der Waals surface area contributed by atoms with Crippen molar-refractivity contribution in [2.24, 2.45) is 0 Å². The fourth-order valence-electron chi connectivity index (χ4n) is 2.87. The molecule has 0 spiro atoms. The van der Waals surface area contributed by atoms with Gasteiger partial charge in [-0.3, -0.25) is 4.79 Å². The van der Waals surface area contributed by atoms with Gasteiger partial charge in [0.1, 0.15) is 28.4 Å². The molecule has 0 saturated heterocycles. The molecule has 0 saturated carbocycles. The van der Waals surface area contributed by atoms with Crippen molar-refractivity contribution in [3.63, 3.8) is 0 Å². The number of hydrogen-bond donors (Lipinski definition) is 1. The number of rotatable bonds is 7. The average molecular weight is 392 g/mol. The smallest absolute Gasteiger partial charge is 0.265 e. The molecule has 1 amide bonds. The Balaban J connectivity index is 1.55. The van der Waals surface area contributed by atoms with E-state index in [2.05, 4.69) is 20.4 Å². The van der Waals surface area contributed by atoms with E-state index in [4.69, 9.17) is 13.7 Å². The van der Waals surface area contributed by atoms with Gasteiger partial charge in [0, 0.05) is 12.0 Å². The van der Waals surface area contributed by atoms with Crippen LogP contribution in [-0.4, -0.2) is 27.6 Å². The molecule has 0 aliphatic carbocycles. The van der Waals surface area contributed by atoms with Crippen molar-refractivity contribution in [2.45, 2.75) is 26.8 Å². The first-order chi connectivity index (χ1) is 14.1. The number of ether oxygens (including phenoxy) is 1. The van der Waals surface area contributed by atoms with Gasteiger partial charge in [-0.15, -0.1) is 0 Å². The van der Waals surface area contributed by atoms with E-state index in [-0.39, 0.29) is 24.9 Å². The molecular weight excluding hydrogens is 372 g/mol. The summed E-state index contributed by atoms with van der Waals surface area (Å²) < 4.78 is 16.6. The Morgan fingerprint density at radius 2 is 1.97 bits per heavy atom. The lowest BCUT2D eigenvalue weighted by molar-refractivity contribution is -0.123. The molecule has 3 aromatic heterocycles. The Kier molecular flexibility index (Phi) is 5.24. The van der Waals surface area contributed by atoms with Crippen molar-refractivity contribution in [3.8, 4) is 17.1 Å². The second kappa shape index (κ2) is 8.14. The molecule has 0 aliphatic rings. The van der Waals surface area contributed by atoms with Crippen LogP contribution >= 0.6 is 0 Å². The Labute approximate surface area is 166 Å². The van der Waals surface area contributed by atoms with Gasteiger partial charge in [0.2, 0.25) is 5.88 Å². The molecule has 8 heteroatoms. The van der Waals surface area contributed by atoms with E-state index in [1.807, 2.05) is 56.3 Å². The zero-order chi connectivity index (χ0) is 20.2. The zero-order valence-electron chi connectivity index (χ0n) is 16.1. The number of benzene rings is 1. The van der Waals surface area contributed by atoms with Crippen molar-refractivity contribution < 1.29 is 18.5 Å². The highest BCUT2D eigenvalue weighted by Crippen LogP contribution is 2.33. The first-order valence-electron chi connectivity index (χ1n) is 9.30. The van der Waals surface area contributed by atoms with Crippen molar-refractivity contribution in [1.82, 2.24) is 20.4 Å². The number of aryl methyl sites for hydroxylation is 2. The summed E-state index contributed by atoms with van der Waals surface area (Å²) in [6.45, 7) is 3.87. The Hall–Kier alpha value is -3.68. The van der Waals surface area contributed by atoms with Crippen LogP contribution in [0.15, 0.2) is 51.4 Å². The zero-order valence-corrected chi connectivity index (χ0v) is 16.1. The minimum absolute atomic E-state index is 0.200. The molecule has 4 rings (SSSR count). The van der Waals surface area contributed by atoms with Gasteiger partial charge < -0.3 is 19.0 Å². The number of hydrogen-bond acceptors (Lipinski definition) is 7. The lowest BCUT2D eigenvalue weighted by Gasteiger charge is -2.08. The lowest BCUT2D eigenvalue weighted by atomic mass is 10.1. The van der Waals surface area contributed by atoms with Gasteiger partial charge in [-0.1, -0.05) is 42.4 Å². The van der Waals surface area contributed by atoms with Crippen molar-refractivity contribution in [1.29, 1.82) is 0 Å². The third-order valence-corrected chi connectivity index (χ3v) is 4.31. The molecule has 1 aromatic carbocycles. The van der Waals surface area contributed by atoms with Gasteiger partial charge in [-0.25, -0.2) is 0 Å². The molecule has 0 bridgehead atoms. The van der Waals surface area contributed by atoms with Gasteiger partial charge in [0.05, 0.1) is 6.54 Å². The van der Waals surface area contributed by atoms with Crippen molar-refractivity contribution in [3.05, 3.63) is 59.8 Å². The van der Waals surface area contributed by atoms with Crippen LogP contribution in [0.2, 0.25) is 0 Å². The number of carbonyl (C=O) groups is 1. The largest absolute Gasteiger partial charge is 0.467 e. The SMILES string of the molecule is CCc1nc(OCC(=O)NCc2ccc(C)o2)c2c(-c3ccccc3)noc2n1. The summed E-state index contributed by atoms with van der Waals surface area (Å²) in [5, 5.41) is 7.44. The summed E-state index contributed by atoms with van der Waals surface area (Å²) in [7, 11) is 0. The van der Waals surface area contributed by atoms with Gasteiger partial charge >= 0.3 is 0 Å². The van der Waals surface area contributed by atoms with Crippen molar-refractivity contribution >= 4 is 17.0 Å². The van der Waals surface area contributed by atoms with E-state index < -0.39 is 0 Å². The average Bonchev–Trinajstić information content (AvgIpc) is 3.37. The fraction of sp³-hybridized carbons (Fsp3) is 0.238. The maximum Gasteiger partial charge on any atom is 0.265 e. The highest BCUT2D eigenvalue weighted by atomic mass is 16.5. The van der Waals surface area contributed by atoms with Crippen LogP contribution in [0.25, 0.3) is 22.4 Å². The van der Waals surface area contributed by atoms with Gasteiger partial charge in [-0.2, -0.15) is 9.97 Å². The minimum Gasteiger partial charge on any atom is -0.467 e. The summed E-state index contributed by atoms with van der Waals surface area (Å²) in [6, 6.07) is 13.2. The Bertz CT molecular complexity index is 1130. The molecule has 3 heterocycles. The molecule has 1 N–H and O–H groups in total. The standard InChI is InChI=1S/C21H20N4O4/c1-3-16-23-20(27-12-17(26)22-11-15-10-9-13(2)28-15)18-19(25-29-21(18)24-16)14-7-5-4-6-8-14/h4-10H,3,11-12H2,1-2H3,(H,22,26). The van der Waals surface area contributed by atoms with Crippen LogP contribution in [0.3, 0.4) is 0 Å². The molecule has 8 nitrogen and oxygen atoms in total. The third kappa shape index (κ3) is 4.11. The first kappa shape index (κ1) is 18.7. The molecule has 0 unspecified atom stereocenters. The number of furan rings is 1. The van der Waals surface area contributed by atoms with Crippen LogP contribution in [0.5, 0.6) is 5.88 Å². The van der Waals surface area contributed by atoms with E-state index in [1.54, 1.807) is 0 Å². The Morgan fingerprint density at radius 3 is 2.69 bits per heavy atom. The van der Waals surface area contributed by atoms with Crippen LogP contribution < -0.4 is 10.1 Å². The molecular formula is C21H20N4O4. The summed E-state index contributed by atoms with van der Waals surface area (Å²) in [6.07, 6.45) is 0.595. The van der Waals surface area contributed by atoms with E-state index >= 15 is 0 Å². The summed E-state index contributed by atoms with van der Waals surface area (Å²) in [5.41, 5.74) is 1.75. The van der Waals surface area contributed by atoms with Crippen LogP contribution in [0, 0.1) is 6.92 Å². The number of aromatic nitrogens is 3. The summed E-state index contributed by atoms with van der Waals surface area (Å²) in [4.78, 5) is 21.0. The number of carbonyl (C=O) groups excluding carboxylic acids is 1. The fourth-order valence-corrected chi connectivity index (χ4v) is 2.87. The summed E-state index contributed by atoms with van der Waals surface area (Å²) in [5.74, 6) is 2.01. The maximum absolute atomic E-state index is 12.2. The van der Waals surface area contributed by atoms with E-state index in [0.717, 1.165) is 11.3 Å². The highest BCUT2D eigenvalue weighted by Gasteiger charge is 2.20. The van der Waals surface area contributed by atoms with E-state index in [1.165, 1.54) is 0 Å². The molecule has 148 valence electrons. The normalized spacial score (nSPS) is 11.0. The molecule has 0 radical (unpaired) electrons. The first-order valence-corrected chi connectivity index (χ1v) is 9.30. The predicted molar refractivity (Wildman–Crippen MR) is 105 cm³/mol. The predicted octanol–water partition coefficient (Wildman–Crippen LogP) is 3.44. The third-order valence-electron chi connectivity index (χ3n) is 4.31. The van der Waals surface area contributed by atoms with Crippen LogP contribution in [0.1, 0.15) is 24.3 Å². The van der Waals surface area contributed by atoms with E-state index in [9.17, 15) is 4.79 Å². The second-order valence-corrected chi connectivity index (χ2v) is 6.45. The number of fused-ring (bicyclic) bond motifs is 1. The van der Waals surface area contributed by atoms with Gasteiger partial charge in [0.25, 0.3) is 11.6 Å². The van der Waals surface area contributed by atoms with Crippen LogP contribution in [0.4, 0.5) is 0 Å². The molecule has 0 atom stereocenters. The number of nitrogens with zero attached hydrogens (tertiary/aromatic N) is 3. The number of nitrogens with one attached hydrogen (secondary N) is 1. The minimum atomic E-state index is -0.290. The van der Waals surface area contributed by atoms with Crippen LogP contribution in [-0.2, 0) is 17.8 Å². The summed E-state index contributed by atoms with van der Waals surface area (Å²) >= 11 is 0. The molecule has 0 fully saturated rings.